The highest BCUT2D eigenvalue weighted by Gasteiger charge is 2.18. The van der Waals surface area contributed by atoms with Crippen LogP contribution in [0.25, 0.3) is 11.3 Å². The van der Waals surface area contributed by atoms with Crippen LogP contribution in [0.15, 0.2) is 33.2 Å². The van der Waals surface area contributed by atoms with Crippen LogP contribution in [0.2, 0.25) is 0 Å². The third kappa shape index (κ3) is 4.48. The van der Waals surface area contributed by atoms with Crippen molar-refractivity contribution in [1.29, 1.82) is 0 Å². The molecular weight excluding hydrogens is 404 g/mol. The molecule has 0 bridgehead atoms. The fourth-order valence-electron chi connectivity index (χ4n) is 2.63. The molecule has 0 aliphatic heterocycles. The van der Waals surface area contributed by atoms with Gasteiger partial charge in [-0.1, -0.05) is 71.9 Å². The summed E-state index contributed by atoms with van der Waals surface area (Å²) in [7, 11) is 0. The smallest absolute Gasteiger partial charge is 0.138 e. The van der Waals surface area contributed by atoms with Gasteiger partial charge in [0.25, 0.3) is 0 Å². The third-order valence-corrected chi connectivity index (χ3v) is 5.24. The number of hydrogen-bond acceptors (Lipinski definition) is 1. The maximum absolute atomic E-state index is 6.24. The third-order valence-electron chi connectivity index (χ3n) is 3.92. The number of benzene rings is 1. The second kappa shape index (κ2) is 8.93. The molecule has 0 amide bonds. The maximum Gasteiger partial charge on any atom is 0.138 e. The molecule has 0 fully saturated rings. The van der Waals surface area contributed by atoms with Gasteiger partial charge >= 0.3 is 0 Å². The van der Waals surface area contributed by atoms with Crippen molar-refractivity contribution in [3.8, 4) is 11.3 Å². The molecule has 0 unspecified atom stereocenters. The minimum absolute atomic E-state index is 0.944. The second-order valence-electron chi connectivity index (χ2n) is 5.76. The first-order valence-corrected chi connectivity index (χ1v) is 10.0. The normalized spacial score (nSPS) is 11.1. The van der Waals surface area contributed by atoms with Crippen molar-refractivity contribution >= 4 is 31.9 Å². The Morgan fingerprint density at radius 3 is 2.36 bits per heavy atom. The van der Waals surface area contributed by atoms with Crippen LogP contribution in [0.3, 0.4) is 0 Å². The number of alkyl halides is 1. The van der Waals surface area contributed by atoms with Crippen molar-refractivity contribution in [2.45, 2.75) is 52.4 Å². The van der Waals surface area contributed by atoms with Crippen LogP contribution in [0.1, 0.15) is 49.5 Å². The van der Waals surface area contributed by atoms with E-state index < -0.39 is 0 Å². The van der Waals surface area contributed by atoms with E-state index in [1.807, 2.05) is 0 Å². The molecule has 0 saturated carbocycles. The molecule has 0 atom stereocenters. The summed E-state index contributed by atoms with van der Waals surface area (Å²) in [5.41, 5.74) is 3.73. The molecule has 0 aliphatic rings. The molecule has 2 rings (SSSR count). The van der Waals surface area contributed by atoms with Gasteiger partial charge in [0.1, 0.15) is 11.5 Å². The summed E-state index contributed by atoms with van der Waals surface area (Å²) in [6.07, 6.45) is 7.03. The van der Waals surface area contributed by atoms with Gasteiger partial charge in [0.15, 0.2) is 0 Å². The molecule has 3 heteroatoms. The molecule has 0 aliphatic carbocycles. The molecule has 22 heavy (non-hydrogen) atoms. The predicted molar refractivity (Wildman–Crippen MR) is 102 cm³/mol. The van der Waals surface area contributed by atoms with Crippen molar-refractivity contribution in [3.05, 3.63) is 45.6 Å². The lowest BCUT2D eigenvalue weighted by atomic mass is 10.1. The molecule has 1 nitrogen and oxygen atoms in total. The van der Waals surface area contributed by atoms with Crippen molar-refractivity contribution < 1.29 is 4.42 Å². The fraction of sp³-hybridized carbons (Fsp3) is 0.474. The first kappa shape index (κ1) is 17.8. The molecule has 2 aromatic rings. The Labute approximate surface area is 150 Å². The SMILES string of the molecule is CCCCCCc1oc(-c2ccc(C)cc2)c(CCBr)c1Br. The highest BCUT2D eigenvalue weighted by molar-refractivity contribution is 9.10. The summed E-state index contributed by atoms with van der Waals surface area (Å²) < 4.78 is 7.40. The van der Waals surface area contributed by atoms with E-state index in [4.69, 9.17) is 4.42 Å². The Balaban J connectivity index is 2.25. The Kier molecular flexibility index (Phi) is 7.23. The van der Waals surface area contributed by atoms with Gasteiger partial charge in [-0.3, -0.25) is 0 Å². The number of furan rings is 1. The zero-order valence-electron chi connectivity index (χ0n) is 13.4. The lowest BCUT2D eigenvalue weighted by molar-refractivity contribution is 0.502. The van der Waals surface area contributed by atoms with Crippen LogP contribution in [0.4, 0.5) is 0 Å². The van der Waals surface area contributed by atoms with Crippen molar-refractivity contribution in [2.75, 3.05) is 5.33 Å². The highest BCUT2D eigenvalue weighted by Crippen LogP contribution is 2.36. The number of halogens is 2. The molecule has 0 spiro atoms. The van der Waals surface area contributed by atoms with Gasteiger partial charge in [0.05, 0.1) is 4.47 Å². The number of rotatable bonds is 8. The molecule has 1 heterocycles. The van der Waals surface area contributed by atoms with Gasteiger partial charge in [-0.25, -0.2) is 0 Å². The molecule has 0 saturated heterocycles. The molecule has 120 valence electrons. The lowest BCUT2D eigenvalue weighted by Crippen LogP contribution is -1.89. The van der Waals surface area contributed by atoms with Gasteiger partial charge in [-0.2, -0.15) is 0 Å². The van der Waals surface area contributed by atoms with Crippen molar-refractivity contribution in [1.82, 2.24) is 0 Å². The van der Waals surface area contributed by atoms with Gasteiger partial charge in [-0.05, 0) is 35.7 Å². The lowest BCUT2D eigenvalue weighted by Gasteiger charge is -2.02. The maximum atomic E-state index is 6.24. The fourth-order valence-corrected chi connectivity index (χ4v) is 3.68. The monoisotopic (exact) mass is 426 g/mol. The minimum atomic E-state index is 0.944. The van der Waals surface area contributed by atoms with Gasteiger partial charge < -0.3 is 4.42 Å². The van der Waals surface area contributed by atoms with E-state index in [1.165, 1.54) is 46.8 Å². The first-order valence-electron chi connectivity index (χ1n) is 8.10. The molecule has 0 N–H and O–H groups in total. The summed E-state index contributed by atoms with van der Waals surface area (Å²) in [5.74, 6) is 2.12. The van der Waals surface area contributed by atoms with Crippen LogP contribution >= 0.6 is 31.9 Å². The first-order chi connectivity index (χ1) is 10.7. The van der Waals surface area contributed by atoms with Gasteiger partial charge in [-0.15, -0.1) is 0 Å². The standard InChI is InChI=1S/C19H24Br2O/c1-3-4-5-6-7-17-18(21)16(12-13-20)19(22-17)15-10-8-14(2)9-11-15/h8-11H,3-7,12-13H2,1-2H3. The molecule has 0 radical (unpaired) electrons. The van der Waals surface area contributed by atoms with E-state index in [1.54, 1.807) is 0 Å². The Bertz CT molecular complexity index is 584. The molecular formula is C19H24Br2O. The van der Waals surface area contributed by atoms with Crippen molar-refractivity contribution in [3.63, 3.8) is 0 Å². The minimum Gasteiger partial charge on any atom is -0.460 e. The van der Waals surface area contributed by atoms with E-state index >= 15 is 0 Å². The Hall–Kier alpha value is -0.540. The van der Waals surface area contributed by atoms with E-state index in [-0.39, 0.29) is 0 Å². The molecule has 1 aromatic heterocycles. The second-order valence-corrected chi connectivity index (χ2v) is 7.35. The van der Waals surface area contributed by atoms with E-state index in [9.17, 15) is 0 Å². The Morgan fingerprint density at radius 1 is 1.00 bits per heavy atom. The Morgan fingerprint density at radius 2 is 1.73 bits per heavy atom. The average molecular weight is 428 g/mol. The summed E-state index contributed by atoms with van der Waals surface area (Å²) in [4.78, 5) is 0. The van der Waals surface area contributed by atoms with E-state index in [2.05, 4.69) is 70.0 Å². The number of unbranched alkanes of at least 4 members (excludes halogenated alkanes) is 3. The quantitative estimate of drug-likeness (QED) is 0.324. The van der Waals surface area contributed by atoms with Crippen LogP contribution in [0.5, 0.6) is 0 Å². The van der Waals surface area contributed by atoms with Crippen LogP contribution in [-0.2, 0) is 12.8 Å². The van der Waals surface area contributed by atoms with Crippen LogP contribution in [-0.4, -0.2) is 5.33 Å². The van der Waals surface area contributed by atoms with Crippen molar-refractivity contribution in [2.24, 2.45) is 0 Å². The highest BCUT2D eigenvalue weighted by atomic mass is 79.9. The van der Waals surface area contributed by atoms with Crippen LogP contribution < -0.4 is 0 Å². The topological polar surface area (TPSA) is 13.1 Å². The summed E-state index contributed by atoms with van der Waals surface area (Å²) in [6, 6.07) is 8.59. The predicted octanol–water partition coefficient (Wildman–Crippen LogP) is 7.08. The number of aryl methyl sites for hydroxylation is 2. The van der Waals surface area contributed by atoms with Gasteiger partial charge in [0, 0.05) is 22.9 Å². The summed E-state index contributed by atoms with van der Waals surface area (Å²) in [6.45, 7) is 4.35. The largest absolute Gasteiger partial charge is 0.460 e. The van der Waals surface area contributed by atoms with E-state index in [0.717, 1.165) is 29.7 Å². The summed E-state index contributed by atoms with van der Waals surface area (Å²) >= 11 is 7.33. The summed E-state index contributed by atoms with van der Waals surface area (Å²) in [5, 5.41) is 0.944. The van der Waals surface area contributed by atoms with E-state index in [0.29, 0.717) is 0 Å². The number of hydrogen-bond donors (Lipinski definition) is 0. The molecule has 1 aromatic carbocycles. The average Bonchev–Trinajstić information content (AvgIpc) is 2.82. The van der Waals surface area contributed by atoms with Gasteiger partial charge in [0.2, 0.25) is 0 Å². The zero-order chi connectivity index (χ0) is 15.9. The van der Waals surface area contributed by atoms with Crippen LogP contribution in [0, 0.1) is 6.92 Å². The zero-order valence-corrected chi connectivity index (χ0v) is 16.6.